The van der Waals surface area contributed by atoms with Gasteiger partial charge in [-0.1, -0.05) is 12.1 Å². The molecule has 20 heavy (non-hydrogen) atoms. The first-order valence-corrected chi connectivity index (χ1v) is 6.80. The third-order valence-corrected chi connectivity index (χ3v) is 2.82. The van der Waals surface area contributed by atoms with E-state index >= 15 is 0 Å². The number of rotatable bonds is 9. The van der Waals surface area contributed by atoms with Crippen molar-refractivity contribution in [1.29, 1.82) is 0 Å². The maximum absolute atomic E-state index is 9.76. The summed E-state index contributed by atoms with van der Waals surface area (Å²) >= 11 is 0. The van der Waals surface area contributed by atoms with E-state index in [1.807, 2.05) is 38.1 Å². The van der Waals surface area contributed by atoms with E-state index in [9.17, 15) is 5.11 Å². The van der Waals surface area contributed by atoms with Crippen LogP contribution in [0.4, 0.5) is 0 Å². The first-order chi connectivity index (χ1) is 9.52. The van der Waals surface area contributed by atoms with Crippen molar-refractivity contribution in [2.45, 2.75) is 32.1 Å². The topological polar surface area (TPSA) is 73.9 Å². The van der Waals surface area contributed by atoms with Crippen LogP contribution in [-0.2, 0) is 9.47 Å². The van der Waals surface area contributed by atoms with Crippen LogP contribution < -0.4 is 10.5 Å². The van der Waals surface area contributed by atoms with Gasteiger partial charge in [0, 0.05) is 13.2 Å². The molecule has 0 aliphatic heterocycles. The van der Waals surface area contributed by atoms with Gasteiger partial charge in [0.1, 0.15) is 18.5 Å². The van der Waals surface area contributed by atoms with E-state index in [4.69, 9.17) is 19.9 Å². The summed E-state index contributed by atoms with van der Waals surface area (Å²) in [5, 5.41) is 9.76. The van der Waals surface area contributed by atoms with Crippen LogP contribution in [0.25, 0.3) is 0 Å². The van der Waals surface area contributed by atoms with Gasteiger partial charge in [0.25, 0.3) is 0 Å². The van der Waals surface area contributed by atoms with Gasteiger partial charge < -0.3 is 25.1 Å². The highest BCUT2D eigenvalue weighted by molar-refractivity contribution is 5.28. The highest BCUT2D eigenvalue weighted by Crippen LogP contribution is 2.16. The summed E-state index contributed by atoms with van der Waals surface area (Å²) in [5.74, 6) is 0.707. The average Bonchev–Trinajstić information content (AvgIpc) is 2.43. The maximum Gasteiger partial charge on any atom is 0.119 e. The SMILES string of the molecule is COCC(C)OCC(O)COc1ccc(C(C)N)cc1. The Morgan fingerprint density at radius 1 is 1.10 bits per heavy atom. The van der Waals surface area contributed by atoms with Crippen molar-refractivity contribution in [2.75, 3.05) is 26.9 Å². The predicted octanol–water partition coefficient (Wildman–Crippen LogP) is 1.50. The Bertz CT molecular complexity index is 367. The molecule has 5 nitrogen and oxygen atoms in total. The van der Waals surface area contributed by atoms with Crippen LogP contribution in [0.15, 0.2) is 24.3 Å². The van der Waals surface area contributed by atoms with Gasteiger partial charge in [0.05, 0.1) is 19.3 Å². The molecule has 0 saturated heterocycles. The molecule has 0 amide bonds. The van der Waals surface area contributed by atoms with Gasteiger partial charge in [-0.05, 0) is 31.5 Å². The molecule has 1 rings (SSSR count). The minimum Gasteiger partial charge on any atom is -0.491 e. The van der Waals surface area contributed by atoms with Crippen molar-refractivity contribution < 1.29 is 19.3 Å². The number of hydrogen-bond acceptors (Lipinski definition) is 5. The van der Waals surface area contributed by atoms with E-state index in [1.54, 1.807) is 7.11 Å². The third-order valence-electron chi connectivity index (χ3n) is 2.82. The number of nitrogens with two attached hydrogens (primary N) is 1. The summed E-state index contributed by atoms with van der Waals surface area (Å²) in [6.07, 6.45) is -0.706. The Labute approximate surface area is 120 Å². The van der Waals surface area contributed by atoms with Crippen molar-refractivity contribution in [1.82, 2.24) is 0 Å². The van der Waals surface area contributed by atoms with E-state index in [2.05, 4.69) is 0 Å². The van der Waals surface area contributed by atoms with E-state index < -0.39 is 6.10 Å². The monoisotopic (exact) mass is 283 g/mol. The van der Waals surface area contributed by atoms with Crippen molar-refractivity contribution in [2.24, 2.45) is 5.73 Å². The molecule has 3 unspecified atom stereocenters. The Kier molecular flexibility index (Phi) is 7.54. The van der Waals surface area contributed by atoms with Crippen LogP contribution in [0, 0.1) is 0 Å². The lowest BCUT2D eigenvalue weighted by Gasteiger charge is -2.16. The molecule has 114 valence electrons. The molecule has 0 bridgehead atoms. The van der Waals surface area contributed by atoms with Crippen molar-refractivity contribution in [3.05, 3.63) is 29.8 Å². The predicted molar refractivity (Wildman–Crippen MR) is 77.8 cm³/mol. The van der Waals surface area contributed by atoms with Crippen LogP contribution in [0.2, 0.25) is 0 Å². The third kappa shape index (κ3) is 6.34. The molecule has 0 saturated carbocycles. The van der Waals surface area contributed by atoms with E-state index in [0.29, 0.717) is 12.4 Å². The fourth-order valence-electron chi connectivity index (χ4n) is 1.67. The second-order valence-electron chi connectivity index (χ2n) is 4.92. The minimum absolute atomic E-state index is 0.00492. The van der Waals surface area contributed by atoms with Crippen molar-refractivity contribution >= 4 is 0 Å². The van der Waals surface area contributed by atoms with E-state index in [-0.39, 0.29) is 25.4 Å². The lowest BCUT2D eigenvalue weighted by Crippen LogP contribution is -2.27. The zero-order chi connectivity index (χ0) is 15.0. The van der Waals surface area contributed by atoms with Crippen molar-refractivity contribution in [3.63, 3.8) is 0 Å². The van der Waals surface area contributed by atoms with E-state index in [0.717, 1.165) is 5.56 Å². The minimum atomic E-state index is -0.664. The largest absolute Gasteiger partial charge is 0.491 e. The molecule has 0 fully saturated rings. The molecule has 0 spiro atoms. The summed E-state index contributed by atoms with van der Waals surface area (Å²) in [4.78, 5) is 0. The van der Waals surface area contributed by atoms with Gasteiger partial charge >= 0.3 is 0 Å². The molecule has 3 N–H and O–H groups in total. The zero-order valence-electron chi connectivity index (χ0n) is 12.4. The molecule has 3 atom stereocenters. The number of aliphatic hydroxyl groups is 1. The lowest BCUT2D eigenvalue weighted by atomic mass is 10.1. The zero-order valence-corrected chi connectivity index (χ0v) is 12.4. The quantitative estimate of drug-likeness (QED) is 0.718. The van der Waals surface area contributed by atoms with Gasteiger partial charge in [-0.15, -0.1) is 0 Å². The summed E-state index contributed by atoms with van der Waals surface area (Å²) in [6, 6.07) is 7.54. The second kappa shape index (κ2) is 8.92. The molecule has 0 aliphatic rings. The molecular weight excluding hydrogens is 258 g/mol. The standard InChI is InChI=1S/C15H25NO4/c1-11(8-18-3)19-9-14(17)10-20-15-6-4-13(5-7-15)12(2)16/h4-7,11-12,14,17H,8-10,16H2,1-3H3. The van der Waals surface area contributed by atoms with E-state index in [1.165, 1.54) is 0 Å². The van der Waals surface area contributed by atoms with Gasteiger partial charge in [0.15, 0.2) is 0 Å². The second-order valence-corrected chi connectivity index (χ2v) is 4.92. The number of hydrogen-bond donors (Lipinski definition) is 2. The van der Waals surface area contributed by atoms with Gasteiger partial charge in [-0.3, -0.25) is 0 Å². The Balaban J connectivity index is 2.28. The van der Waals surface area contributed by atoms with Crippen LogP contribution in [0.5, 0.6) is 5.75 Å². The normalized spacial score (nSPS) is 15.7. The number of benzene rings is 1. The molecule has 5 heteroatoms. The van der Waals surface area contributed by atoms with Crippen LogP contribution in [0.1, 0.15) is 25.5 Å². The molecule has 0 radical (unpaired) electrons. The van der Waals surface area contributed by atoms with Gasteiger partial charge in [-0.25, -0.2) is 0 Å². The van der Waals surface area contributed by atoms with Gasteiger partial charge in [-0.2, -0.15) is 0 Å². The maximum atomic E-state index is 9.76. The number of methoxy groups -OCH3 is 1. The van der Waals surface area contributed by atoms with Crippen LogP contribution >= 0.6 is 0 Å². The Morgan fingerprint density at radius 2 is 1.75 bits per heavy atom. The number of aliphatic hydroxyl groups excluding tert-OH is 1. The molecule has 0 aromatic heterocycles. The highest BCUT2D eigenvalue weighted by atomic mass is 16.5. The summed E-state index contributed by atoms with van der Waals surface area (Å²) in [7, 11) is 1.62. The molecule has 1 aromatic rings. The lowest BCUT2D eigenvalue weighted by molar-refractivity contribution is -0.0423. The molecular formula is C15H25NO4. The fourth-order valence-corrected chi connectivity index (χ4v) is 1.67. The molecule has 1 aromatic carbocycles. The highest BCUT2D eigenvalue weighted by Gasteiger charge is 2.09. The average molecular weight is 283 g/mol. The summed E-state index contributed by atoms with van der Waals surface area (Å²) < 4.78 is 15.9. The molecule has 0 aliphatic carbocycles. The van der Waals surface area contributed by atoms with Crippen LogP contribution in [0.3, 0.4) is 0 Å². The van der Waals surface area contributed by atoms with Crippen molar-refractivity contribution in [3.8, 4) is 5.75 Å². The van der Waals surface area contributed by atoms with Gasteiger partial charge in [0.2, 0.25) is 0 Å². The Morgan fingerprint density at radius 3 is 2.30 bits per heavy atom. The summed E-state index contributed by atoms with van der Waals surface area (Å²) in [6.45, 7) is 4.74. The smallest absolute Gasteiger partial charge is 0.119 e. The first-order valence-electron chi connectivity index (χ1n) is 6.80. The van der Waals surface area contributed by atoms with Crippen LogP contribution in [-0.4, -0.2) is 44.2 Å². The summed E-state index contributed by atoms with van der Waals surface area (Å²) in [5.41, 5.74) is 6.82. The molecule has 0 heterocycles. The first kappa shape index (κ1) is 16.9. The Hall–Kier alpha value is -1.14. The number of ether oxygens (including phenoxy) is 3. The fraction of sp³-hybridized carbons (Fsp3) is 0.600.